The Morgan fingerprint density at radius 2 is 2.05 bits per heavy atom. The highest BCUT2D eigenvalue weighted by molar-refractivity contribution is 9.10. The number of fused-ring (bicyclic) bond motifs is 1. The fourth-order valence-electron chi connectivity index (χ4n) is 2.30. The number of hydrogen-bond donors (Lipinski definition) is 1. The van der Waals surface area contributed by atoms with Crippen LogP contribution in [0.3, 0.4) is 0 Å². The molecule has 0 saturated carbocycles. The lowest BCUT2D eigenvalue weighted by Crippen LogP contribution is -2.00. The highest BCUT2D eigenvalue weighted by Gasteiger charge is 2.07. The molecule has 3 nitrogen and oxygen atoms in total. The summed E-state index contributed by atoms with van der Waals surface area (Å²) in [6.45, 7) is 0.712. The molecule has 3 aromatic rings. The van der Waals surface area contributed by atoms with Gasteiger partial charge in [0.05, 0.1) is 11.6 Å². The first kappa shape index (κ1) is 12.8. The number of anilines is 1. The van der Waals surface area contributed by atoms with Gasteiger partial charge in [0.25, 0.3) is 0 Å². The highest BCUT2D eigenvalue weighted by Crippen LogP contribution is 2.26. The lowest BCUT2D eigenvalue weighted by atomic mass is 10.1. The summed E-state index contributed by atoms with van der Waals surface area (Å²) in [5.74, 6) is 0. The Labute approximate surface area is 125 Å². The molecule has 20 heavy (non-hydrogen) atoms. The zero-order valence-electron chi connectivity index (χ0n) is 10.7. The van der Waals surface area contributed by atoms with Gasteiger partial charge in [0.15, 0.2) is 0 Å². The van der Waals surface area contributed by atoms with E-state index < -0.39 is 0 Å². The Kier molecular flexibility index (Phi) is 3.21. The van der Waals surface area contributed by atoms with Gasteiger partial charge in [0, 0.05) is 28.4 Å². The SMILES string of the molecule is N#Cc1ccc2ccn(Cc3cccc(N)c3Br)c2c1. The van der Waals surface area contributed by atoms with Gasteiger partial charge >= 0.3 is 0 Å². The van der Waals surface area contributed by atoms with E-state index in [9.17, 15) is 0 Å². The van der Waals surface area contributed by atoms with Crippen LogP contribution in [0.2, 0.25) is 0 Å². The molecule has 0 saturated heterocycles. The van der Waals surface area contributed by atoms with E-state index in [1.54, 1.807) is 0 Å². The maximum atomic E-state index is 9.01. The minimum absolute atomic E-state index is 0.670. The molecule has 0 aliphatic carbocycles. The second-order valence-corrected chi connectivity index (χ2v) is 5.44. The average Bonchev–Trinajstić information content (AvgIpc) is 2.86. The summed E-state index contributed by atoms with van der Waals surface area (Å²) in [5, 5.41) is 10.1. The number of hydrogen-bond acceptors (Lipinski definition) is 2. The number of halogens is 1. The first-order valence-corrected chi connectivity index (χ1v) is 7.00. The zero-order valence-corrected chi connectivity index (χ0v) is 12.3. The molecular weight excluding hydrogens is 314 g/mol. The number of nitrogens with two attached hydrogens (primary N) is 1. The second-order valence-electron chi connectivity index (χ2n) is 4.65. The number of nitriles is 1. The van der Waals surface area contributed by atoms with E-state index in [1.807, 2.05) is 42.6 Å². The molecular formula is C16H12BrN3. The van der Waals surface area contributed by atoms with Crippen molar-refractivity contribution in [2.45, 2.75) is 6.54 Å². The molecule has 0 aliphatic heterocycles. The quantitative estimate of drug-likeness (QED) is 0.726. The summed E-state index contributed by atoms with van der Waals surface area (Å²) in [5.41, 5.74) is 9.48. The van der Waals surface area contributed by atoms with Gasteiger partial charge in [-0.05, 0) is 51.1 Å². The Balaban J connectivity index is 2.07. The van der Waals surface area contributed by atoms with Crippen molar-refractivity contribution >= 4 is 32.5 Å². The number of aromatic nitrogens is 1. The van der Waals surface area contributed by atoms with Crippen LogP contribution in [0.25, 0.3) is 10.9 Å². The largest absolute Gasteiger partial charge is 0.398 e. The Bertz CT molecular complexity index is 827. The summed E-state index contributed by atoms with van der Waals surface area (Å²) < 4.78 is 3.05. The van der Waals surface area contributed by atoms with E-state index in [4.69, 9.17) is 11.0 Å². The topological polar surface area (TPSA) is 54.7 Å². The molecule has 4 heteroatoms. The maximum Gasteiger partial charge on any atom is 0.0992 e. The average molecular weight is 326 g/mol. The third-order valence-corrected chi connectivity index (χ3v) is 4.32. The lowest BCUT2D eigenvalue weighted by Gasteiger charge is -2.09. The predicted octanol–water partition coefficient (Wildman–Crippen LogP) is 3.91. The second kappa shape index (κ2) is 5.03. The first-order valence-electron chi connectivity index (χ1n) is 6.21. The third kappa shape index (κ3) is 2.17. The van der Waals surface area contributed by atoms with Crippen molar-refractivity contribution in [3.05, 3.63) is 64.3 Å². The van der Waals surface area contributed by atoms with Gasteiger partial charge in [-0.15, -0.1) is 0 Å². The maximum absolute atomic E-state index is 9.01. The molecule has 0 spiro atoms. The molecule has 0 fully saturated rings. The third-order valence-electron chi connectivity index (χ3n) is 3.35. The van der Waals surface area contributed by atoms with E-state index in [-0.39, 0.29) is 0 Å². The van der Waals surface area contributed by atoms with Gasteiger partial charge in [0.1, 0.15) is 0 Å². The molecule has 0 unspecified atom stereocenters. The van der Waals surface area contributed by atoms with Crippen molar-refractivity contribution in [1.29, 1.82) is 5.26 Å². The number of nitrogen functional groups attached to an aromatic ring is 1. The van der Waals surface area contributed by atoms with Crippen molar-refractivity contribution in [2.75, 3.05) is 5.73 Å². The van der Waals surface area contributed by atoms with E-state index in [0.717, 1.165) is 26.6 Å². The van der Waals surface area contributed by atoms with Crippen molar-refractivity contribution in [3.8, 4) is 6.07 Å². The van der Waals surface area contributed by atoms with Crippen LogP contribution in [0.1, 0.15) is 11.1 Å². The highest BCUT2D eigenvalue weighted by atomic mass is 79.9. The number of benzene rings is 2. The molecule has 98 valence electrons. The molecule has 0 aliphatic rings. The van der Waals surface area contributed by atoms with Crippen molar-refractivity contribution < 1.29 is 0 Å². The molecule has 0 radical (unpaired) electrons. The summed E-state index contributed by atoms with van der Waals surface area (Å²) in [7, 11) is 0. The lowest BCUT2D eigenvalue weighted by molar-refractivity contribution is 0.833. The standard InChI is InChI=1S/C16H12BrN3/c17-16-13(2-1-3-14(16)19)10-20-7-6-12-5-4-11(9-18)8-15(12)20/h1-8H,10,19H2. The van der Waals surface area contributed by atoms with Crippen LogP contribution in [-0.2, 0) is 6.54 Å². The van der Waals surface area contributed by atoms with Gasteiger partial charge in [0.2, 0.25) is 0 Å². The number of nitrogens with zero attached hydrogens (tertiary/aromatic N) is 2. The van der Waals surface area contributed by atoms with Crippen molar-refractivity contribution in [1.82, 2.24) is 4.57 Å². The predicted molar refractivity (Wildman–Crippen MR) is 84.3 cm³/mol. The summed E-state index contributed by atoms with van der Waals surface area (Å²) in [6.07, 6.45) is 2.03. The van der Waals surface area contributed by atoms with Gasteiger partial charge in [-0.3, -0.25) is 0 Å². The van der Waals surface area contributed by atoms with Gasteiger partial charge < -0.3 is 10.3 Å². The molecule has 0 bridgehead atoms. The molecule has 3 rings (SSSR count). The van der Waals surface area contributed by atoms with Gasteiger partial charge in [-0.2, -0.15) is 5.26 Å². The Hall–Kier alpha value is -2.25. The number of rotatable bonds is 2. The van der Waals surface area contributed by atoms with Crippen LogP contribution in [0.5, 0.6) is 0 Å². The van der Waals surface area contributed by atoms with Crippen LogP contribution in [-0.4, -0.2) is 4.57 Å². The van der Waals surface area contributed by atoms with Crippen LogP contribution in [0.15, 0.2) is 53.1 Å². The Morgan fingerprint density at radius 3 is 2.85 bits per heavy atom. The van der Waals surface area contributed by atoms with Crippen molar-refractivity contribution in [3.63, 3.8) is 0 Å². The summed E-state index contributed by atoms with van der Waals surface area (Å²) in [4.78, 5) is 0. The molecule has 0 amide bonds. The van der Waals surface area contributed by atoms with E-state index >= 15 is 0 Å². The van der Waals surface area contributed by atoms with Crippen molar-refractivity contribution in [2.24, 2.45) is 0 Å². The molecule has 1 heterocycles. The molecule has 1 aromatic heterocycles. The Morgan fingerprint density at radius 1 is 1.20 bits per heavy atom. The first-order chi connectivity index (χ1) is 9.69. The van der Waals surface area contributed by atoms with Gasteiger partial charge in [-0.25, -0.2) is 0 Å². The minimum atomic E-state index is 0.670. The van der Waals surface area contributed by atoms with Crippen LogP contribution in [0.4, 0.5) is 5.69 Å². The fraction of sp³-hybridized carbons (Fsp3) is 0.0625. The van der Waals surface area contributed by atoms with E-state index in [0.29, 0.717) is 12.1 Å². The summed E-state index contributed by atoms with van der Waals surface area (Å²) in [6, 6.07) is 15.8. The van der Waals surface area contributed by atoms with Crippen LogP contribution < -0.4 is 5.73 Å². The molecule has 2 N–H and O–H groups in total. The van der Waals surface area contributed by atoms with Gasteiger partial charge in [-0.1, -0.05) is 18.2 Å². The monoisotopic (exact) mass is 325 g/mol. The minimum Gasteiger partial charge on any atom is -0.398 e. The zero-order chi connectivity index (χ0) is 14.1. The van der Waals surface area contributed by atoms with E-state index in [1.165, 1.54) is 0 Å². The molecule has 2 aromatic carbocycles. The van der Waals surface area contributed by atoms with Crippen LogP contribution in [0, 0.1) is 11.3 Å². The fourth-order valence-corrected chi connectivity index (χ4v) is 2.69. The molecule has 0 atom stereocenters. The normalized spacial score (nSPS) is 10.6. The smallest absolute Gasteiger partial charge is 0.0992 e. The van der Waals surface area contributed by atoms with E-state index in [2.05, 4.69) is 32.6 Å². The summed E-state index contributed by atoms with van der Waals surface area (Å²) >= 11 is 3.53. The van der Waals surface area contributed by atoms with Crippen LogP contribution >= 0.6 is 15.9 Å².